The molecular weight excluding hydrogens is 337 g/mol. The summed E-state index contributed by atoms with van der Waals surface area (Å²) < 4.78 is 29.3. The molecule has 0 aliphatic carbocycles. The van der Waals surface area contributed by atoms with Crippen molar-refractivity contribution in [2.24, 2.45) is 0 Å². The van der Waals surface area contributed by atoms with E-state index in [-0.39, 0.29) is 17.8 Å². The quantitative estimate of drug-likeness (QED) is 0.742. The van der Waals surface area contributed by atoms with Gasteiger partial charge in [-0.1, -0.05) is 6.92 Å². The Morgan fingerprint density at radius 2 is 1.62 bits per heavy atom. The van der Waals surface area contributed by atoms with E-state index in [1.54, 1.807) is 19.2 Å². The van der Waals surface area contributed by atoms with Crippen LogP contribution in [0, 0.1) is 5.82 Å². The van der Waals surface area contributed by atoms with Crippen LogP contribution in [0.5, 0.6) is 17.2 Å². The predicted octanol–water partition coefficient (Wildman–Crippen LogP) is 3.58. The molecule has 140 valence electrons. The van der Waals surface area contributed by atoms with Gasteiger partial charge in [0.15, 0.2) is 6.10 Å². The Bertz CT molecular complexity index is 688. The fourth-order valence-electron chi connectivity index (χ4n) is 2.27. The zero-order chi connectivity index (χ0) is 18.9. The molecule has 1 amide bonds. The number of halogens is 1. The third kappa shape index (κ3) is 5.95. The number of amides is 1. The van der Waals surface area contributed by atoms with Crippen LogP contribution in [0.2, 0.25) is 0 Å². The molecule has 5 nitrogen and oxygen atoms in total. The first-order valence-electron chi connectivity index (χ1n) is 8.51. The molecule has 0 aliphatic heterocycles. The predicted molar refractivity (Wildman–Crippen MR) is 97.2 cm³/mol. The lowest BCUT2D eigenvalue weighted by Gasteiger charge is -2.21. The third-order valence-electron chi connectivity index (χ3n) is 3.70. The van der Waals surface area contributed by atoms with Crippen LogP contribution in [-0.2, 0) is 4.79 Å². The Morgan fingerprint density at radius 3 is 2.19 bits per heavy atom. The van der Waals surface area contributed by atoms with E-state index in [0.717, 1.165) is 5.75 Å². The number of ether oxygens (including phenoxy) is 3. The molecular formula is C20H24FNO4. The van der Waals surface area contributed by atoms with Gasteiger partial charge in [-0.05, 0) is 61.9 Å². The molecule has 0 fully saturated rings. The molecule has 0 bridgehead atoms. The lowest BCUT2D eigenvalue weighted by atomic mass is 10.2. The van der Waals surface area contributed by atoms with Gasteiger partial charge in [0.2, 0.25) is 0 Å². The normalized spacial score (nSPS) is 12.8. The lowest BCUT2D eigenvalue weighted by Crippen LogP contribution is -2.44. The number of hydrogen-bond acceptors (Lipinski definition) is 4. The van der Waals surface area contributed by atoms with Crippen LogP contribution in [0.25, 0.3) is 0 Å². The van der Waals surface area contributed by atoms with Gasteiger partial charge in [-0.3, -0.25) is 4.79 Å². The molecule has 2 rings (SSSR count). The summed E-state index contributed by atoms with van der Waals surface area (Å²) >= 11 is 0. The van der Waals surface area contributed by atoms with Gasteiger partial charge in [-0.15, -0.1) is 0 Å². The highest BCUT2D eigenvalue weighted by molar-refractivity contribution is 5.81. The maximum absolute atomic E-state index is 12.9. The number of carbonyl (C=O) groups excluding carboxylic acids is 1. The molecule has 0 saturated heterocycles. The second kappa shape index (κ2) is 9.65. The molecule has 26 heavy (non-hydrogen) atoms. The van der Waals surface area contributed by atoms with Crippen molar-refractivity contribution in [1.82, 2.24) is 5.32 Å². The van der Waals surface area contributed by atoms with E-state index in [0.29, 0.717) is 24.5 Å². The molecule has 0 aliphatic rings. The van der Waals surface area contributed by atoms with E-state index in [1.807, 2.05) is 26.0 Å². The number of carbonyl (C=O) groups is 1. The average Bonchev–Trinajstić information content (AvgIpc) is 2.66. The molecule has 0 spiro atoms. The highest BCUT2D eigenvalue weighted by atomic mass is 19.1. The summed E-state index contributed by atoms with van der Waals surface area (Å²) in [4.78, 5) is 12.4. The summed E-state index contributed by atoms with van der Waals surface area (Å²) in [6, 6.07) is 12.6. The Balaban J connectivity index is 1.82. The molecule has 6 heteroatoms. The van der Waals surface area contributed by atoms with Crippen molar-refractivity contribution in [3.8, 4) is 17.2 Å². The summed E-state index contributed by atoms with van der Waals surface area (Å²) in [7, 11) is 1.60. The van der Waals surface area contributed by atoms with Gasteiger partial charge in [0, 0.05) is 0 Å². The summed E-state index contributed by atoms with van der Waals surface area (Å²) in [5.74, 6) is 1.32. The minimum absolute atomic E-state index is 0.199. The summed E-state index contributed by atoms with van der Waals surface area (Å²) in [6.07, 6.45) is -0.154. The zero-order valence-electron chi connectivity index (χ0n) is 15.2. The number of benzene rings is 2. The van der Waals surface area contributed by atoms with Crippen LogP contribution in [0.3, 0.4) is 0 Å². The largest absolute Gasteiger partial charge is 0.497 e. The molecule has 2 atom stereocenters. The van der Waals surface area contributed by atoms with Crippen LogP contribution < -0.4 is 19.5 Å². The second-order valence-corrected chi connectivity index (χ2v) is 5.86. The number of rotatable bonds is 9. The molecule has 1 N–H and O–H groups in total. The van der Waals surface area contributed by atoms with E-state index < -0.39 is 6.10 Å². The van der Waals surface area contributed by atoms with Crippen molar-refractivity contribution in [3.63, 3.8) is 0 Å². The van der Waals surface area contributed by atoms with Crippen LogP contribution >= 0.6 is 0 Å². The van der Waals surface area contributed by atoms with E-state index in [9.17, 15) is 9.18 Å². The molecule has 2 aromatic rings. The Morgan fingerprint density at radius 1 is 1.04 bits per heavy atom. The van der Waals surface area contributed by atoms with Crippen molar-refractivity contribution in [1.29, 1.82) is 0 Å². The van der Waals surface area contributed by atoms with Crippen molar-refractivity contribution in [3.05, 3.63) is 54.3 Å². The molecule has 0 saturated carbocycles. The smallest absolute Gasteiger partial charge is 0.261 e. The minimum atomic E-state index is -0.649. The first-order chi connectivity index (χ1) is 12.5. The summed E-state index contributed by atoms with van der Waals surface area (Å²) in [5.41, 5.74) is 0. The highest BCUT2D eigenvalue weighted by Gasteiger charge is 2.20. The van der Waals surface area contributed by atoms with Crippen LogP contribution in [-0.4, -0.2) is 31.8 Å². The zero-order valence-corrected chi connectivity index (χ0v) is 15.2. The van der Waals surface area contributed by atoms with Gasteiger partial charge < -0.3 is 19.5 Å². The van der Waals surface area contributed by atoms with E-state index in [4.69, 9.17) is 14.2 Å². The van der Waals surface area contributed by atoms with E-state index in [2.05, 4.69) is 5.32 Å². The van der Waals surface area contributed by atoms with Crippen molar-refractivity contribution >= 4 is 5.91 Å². The van der Waals surface area contributed by atoms with Crippen LogP contribution in [0.15, 0.2) is 48.5 Å². The number of methoxy groups -OCH3 is 1. The summed E-state index contributed by atoms with van der Waals surface area (Å²) in [6.45, 7) is 4.03. The second-order valence-electron chi connectivity index (χ2n) is 5.86. The number of hydrogen-bond donors (Lipinski definition) is 1. The maximum atomic E-state index is 12.9. The minimum Gasteiger partial charge on any atom is -0.497 e. The summed E-state index contributed by atoms with van der Waals surface area (Å²) in [5, 5.41) is 2.87. The fraction of sp³-hybridized carbons (Fsp3) is 0.350. The van der Waals surface area contributed by atoms with Gasteiger partial charge in [0.1, 0.15) is 29.7 Å². The standard InChI is InChI=1S/C20H24FNO4/c1-4-19(26-18-7-5-15(21)6-8-18)20(23)22-14(2)13-25-17-11-9-16(24-3)10-12-17/h5-12,14,19H,4,13H2,1-3H3,(H,22,23)/t14-,19-/m1/s1. The monoisotopic (exact) mass is 361 g/mol. The Kier molecular flexibility index (Phi) is 7.26. The van der Waals surface area contributed by atoms with E-state index in [1.165, 1.54) is 24.3 Å². The van der Waals surface area contributed by atoms with Crippen molar-refractivity contribution in [2.75, 3.05) is 13.7 Å². The first-order valence-corrected chi connectivity index (χ1v) is 8.51. The maximum Gasteiger partial charge on any atom is 0.261 e. The molecule has 0 unspecified atom stereocenters. The first kappa shape index (κ1) is 19.6. The SMILES string of the molecule is CC[C@@H](Oc1ccc(F)cc1)C(=O)N[C@H](C)COc1ccc(OC)cc1. The van der Waals surface area contributed by atoms with Crippen LogP contribution in [0.1, 0.15) is 20.3 Å². The lowest BCUT2D eigenvalue weighted by molar-refractivity contribution is -0.128. The Labute approximate surface area is 153 Å². The van der Waals surface area contributed by atoms with Crippen LogP contribution in [0.4, 0.5) is 4.39 Å². The Hall–Kier alpha value is -2.76. The third-order valence-corrected chi connectivity index (χ3v) is 3.70. The van der Waals surface area contributed by atoms with Gasteiger partial charge >= 0.3 is 0 Å². The molecule has 0 heterocycles. The topological polar surface area (TPSA) is 56.8 Å². The van der Waals surface area contributed by atoms with Crippen molar-refractivity contribution < 1.29 is 23.4 Å². The molecule has 2 aromatic carbocycles. The highest BCUT2D eigenvalue weighted by Crippen LogP contribution is 2.17. The fourth-order valence-corrected chi connectivity index (χ4v) is 2.27. The van der Waals surface area contributed by atoms with Crippen molar-refractivity contribution in [2.45, 2.75) is 32.4 Å². The van der Waals surface area contributed by atoms with Gasteiger partial charge in [0.25, 0.3) is 5.91 Å². The average molecular weight is 361 g/mol. The van der Waals surface area contributed by atoms with E-state index >= 15 is 0 Å². The molecule has 0 aromatic heterocycles. The van der Waals surface area contributed by atoms with Gasteiger partial charge in [-0.25, -0.2) is 4.39 Å². The number of nitrogens with one attached hydrogen (secondary N) is 1. The molecule has 0 radical (unpaired) electrons. The van der Waals surface area contributed by atoms with Gasteiger partial charge in [0.05, 0.1) is 13.2 Å². The van der Waals surface area contributed by atoms with Gasteiger partial charge in [-0.2, -0.15) is 0 Å².